The molecule has 0 amide bonds. The van der Waals surface area contributed by atoms with E-state index in [0.29, 0.717) is 0 Å². The second-order valence-electron chi connectivity index (χ2n) is 4.04. The Bertz CT molecular complexity index is 373. The smallest absolute Gasteiger partial charge is 0.191 e. The molecule has 0 unspecified atom stereocenters. The van der Waals surface area contributed by atoms with Crippen molar-refractivity contribution < 1.29 is 4.74 Å². The second kappa shape index (κ2) is 6.13. The molecule has 1 aliphatic rings. The van der Waals surface area contributed by atoms with Gasteiger partial charge in [0, 0.05) is 19.6 Å². The first-order valence-corrected chi connectivity index (χ1v) is 6.03. The number of benzene rings is 1. The maximum absolute atomic E-state index is 5.12. The maximum Gasteiger partial charge on any atom is 0.191 e. The lowest BCUT2D eigenvalue weighted by Gasteiger charge is -2.15. The highest BCUT2D eigenvalue weighted by molar-refractivity contribution is 5.80. The average Bonchev–Trinajstić information content (AvgIpc) is 2.41. The van der Waals surface area contributed by atoms with Crippen molar-refractivity contribution >= 4 is 5.96 Å². The summed E-state index contributed by atoms with van der Waals surface area (Å²) >= 11 is 0. The van der Waals surface area contributed by atoms with Crippen LogP contribution in [0.1, 0.15) is 12.0 Å². The zero-order chi connectivity index (χ0) is 11.9. The molecule has 0 bridgehead atoms. The zero-order valence-electron chi connectivity index (χ0n) is 10.2. The van der Waals surface area contributed by atoms with E-state index < -0.39 is 0 Å². The topological polar surface area (TPSA) is 45.6 Å². The fraction of sp³-hybridized carbons (Fsp3) is 0.462. The number of guanidine groups is 1. The Morgan fingerprint density at radius 2 is 2.18 bits per heavy atom. The number of nitrogens with one attached hydrogen (secondary N) is 2. The van der Waals surface area contributed by atoms with Gasteiger partial charge >= 0.3 is 0 Å². The molecule has 0 aromatic heterocycles. The molecule has 0 radical (unpaired) electrons. The molecule has 0 atom stereocenters. The van der Waals surface area contributed by atoms with Crippen molar-refractivity contribution in [2.24, 2.45) is 4.99 Å². The summed E-state index contributed by atoms with van der Waals surface area (Å²) in [6.07, 6.45) is 2.12. The minimum atomic E-state index is 0.901. The van der Waals surface area contributed by atoms with Crippen LogP contribution in [0.4, 0.5) is 0 Å². The van der Waals surface area contributed by atoms with Gasteiger partial charge in [0.25, 0.3) is 0 Å². The molecule has 0 saturated heterocycles. The summed E-state index contributed by atoms with van der Waals surface area (Å²) in [6, 6.07) is 8.17. The number of hydrogen-bond donors (Lipinski definition) is 2. The van der Waals surface area contributed by atoms with Crippen molar-refractivity contribution in [3.05, 3.63) is 29.8 Å². The van der Waals surface area contributed by atoms with Crippen LogP contribution < -0.4 is 15.4 Å². The molecule has 0 aliphatic carbocycles. The fourth-order valence-corrected chi connectivity index (χ4v) is 1.77. The molecule has 1 aromatic carbocycles. The molecule has 4 heteroatoms. The molecule has 2 N–H and O–H groups in total. The average molecular weight is 233 g/mol. The van der Waals surface area contributed by atoms with Crippen molar-refractivity contribution in [1.29, 1.82) is 0 Å². The Kier molecular flexibility index (Phi) is 4.24. The molecule has 0 fully saturated rings. The van der Waals surface area contributed by atoms with Crippen LogP contribution in [0.25, 0.3) is 0 Å². The molecule has 0 spiro atoms. The molecule has 0 saturated carbocycles. The summed E-state index contributed by atoms with van der Waals surface area (Å²) in [7, 11) is 1.68. The lowest BCUT2D eigenvalue weighted by Crippen LogP contribution is -2.41. The van der Waals surface area contributed by atoms with Crippen molar-refractivity contribution in [1.82, 2.24) is 10.6 Å². The van der Waals surface area contributed by atoms with Crippen LogP contribution in [-0.4, -0.2) is 32.7 Å². The van der Waals surface area contributed by atoms with Gasteiger partial charge in [-0.15, -0.1) is 0 Å². The third-order valence-corrected chi connectivity index (χ3v) is 2.76. The van der Waals surface area contributed by atoms with Crippen LogP contribution in [0.15, 0.2) is 29.3 Å². The molecular formula is C13H19N3O. The first-order valence-electron chi connectivity index (χ1n) is 6.03. The van der Waals surface area contributed by atoms with E-state index in [2.05, 4.69) is 27.8 Å². The highest BCUT2D eigenvalue weighted by Gasteiger charge is 2.02. The molecule has 1 heterocycles. The van der Waals surface area contributed by atoms with E-state index in [1.165, 1.54) is 5.56 Å². The van der Waals surface area contributed by atoms with E-state index in [0.717, 1.165) is 44.2 Å². The van der Waals surface area contributed by atoms with Crippen LogP contribution in [0.2, 0.25) is 0 Å². The Hall–Kier alpha value is -1.71. The van der Waals surface area contributed by atoms with E-state index in [1.54, 1.807) is 7.11 Å². The van der Waals surface area contributed by atoms with Crippen molar-refractivity contribution in [2.75, 3.05) is 26.7 Å². The predicted molar refractivity (Wildman–Crippen MR) is 69.6 cm³/mol. The number of ether oxygens (including phenoxy) is 1. The second-order valence-corrected chi connectivity index (χ2v) is 4.04. The van der Waals surface area contributed by atoms with Crippen LogP contribution in [0, 0.1) is 0 Å². The summed E-state index contributed by atoms with van der Waals surface area (Å²) in [5, 5.41) is 6.55. The highest BCUT2D eigenvalue weighted by atomic mass is 16.5. The summed E-state index contributed by atoms with van der Waals surface area (Å²) in [4.78, 5) is 4.36. The minimum absolute atomic E-state index is 0.901. The lowest BCUT2D eigenvalue weighted by atomic mass is 10.1. The largest absolute Gasteiger partial charge is 0.497 e. The summed E-state index contributed by atoms with van der Waals surface area (Å²) in [6.45, 7) is 2.85. The fourth-order valence-electron chi connectivity index (χ4n) is 1.77. The maximum atomic E-state index is 5.12. The van der Waals surface area contributed by atoms with Crippen molar-refractivity contribution in [2.45, 2.75) is 12.8 Å². The van der Waals surface area contributed by atoms with Crippen LogP contribution in [-0.2, 0) is 6.42 Å². The van der Waals surface area contributed by atoms with Crippen LogP contribution >= 0.6 is 0 Å². The van der Waals surface area contributed by atoms with Crippen molar-refractivity contribution in [3.8, 4) is 5.75 Å². The van der Waals surface area contributed by atoms with Gasteiger partial charge in [-0.1, -0.05) is 12.1 Å². The van der Waals surface area contributed by atoms with Gasteiger partial charge in [0.2, 0.25) is 0 Å². The Morgan fingerprint density at radius 3 is 2.82 bits per heavy atom. The summed E-state index contributed by atoms with van der Waals surface area (Å²) in [5.41, 5.74) is 1.30. The number of methoxy groups -OCH3 is 1. The first-order chi connectivity index (χ1) is 8.38. The number of rotatable bonds is 4. The number of hydrogen-bond acceptors (Lipinski definition) is 4. The standard InChI is InChI=1S/C13H19N3O/c1-17-12-5-3-11(4-6-12)7-10-16-13-14-8-2-9-15-13/h3-6H,2,7-10H2,1H3,(H2,14,15,16). The highest BCUT2D eigenvalue weighted by Crippen LogP contribution is 2.11. The Balaban J connectivity index is 1.75. The van der Waals surface area contributed by atoms with Crippen LogP contribution in [0.5, 0.6) is 5.75 Å². The monoisotopic (exact) mass is 233 g/mol. The summed E-state index contributed by atoms with van der Waals surface area (Å²) in [5.74, 6) is 1.84. The van der Waals surface area contributed by atoms with Gasteiger partial charge in [-0.2, -0.15) is 0 Å². The van der Waals surface area contributed by atoms with Gasteiger partial charge in [0.15, 0.2) is 5.96 Å². The van der Waals surface area contributed by atoms with E-state index in [-0.39, 0.29) is 0 Å². The summed E-state index contributed by atoms with van der Waals surface area (Å²) < 4.78 is 5.12. The van der Waals surface area contributed by atoms with E-state index in [1.807, 2.05) is 12.1 Å². The Morgan fingerprint density at radius 1 is 1.35 bits per heavy atom. The molecule has 92 valence electrons. The molecule has 2 rings (SSSR count). The molecule has 1 aliphatic heterocycles. The minimum Gasteiger partial charge on any atom is -0.497 e. The predicted octanol–water partition coefficient (Wildman–Crippen LogP) is 1.18. The lowest BCUT2D eigenvalue weighted by molar-refractivity contribution is 0.414. The number of aliphatic imine (C=N–C) groups is 1. The molecular weight excluding hydrogens is 214 g/mol. The quantitative estimate of drug-likeness (QED) is 0.821. The molecule has 1 aromatic rings. The zero-order valence-corrected chi connectivity index (χ0v) is 10.2. The van der Waals surface area contributed by atoms with Crippen molar-refractivity contribution in [3.63, 3.8) is 0 Å². The van der Waals surface area contributed by atoms with E-state index in [9.17, 15) is 0 Å². The van der Waals surface area contributed by atoms with E-state index >= 15 is 0 Å². The third kappa shape index (κ3) is 3.66. The Labute approximate surface area is 102 Å². The SMILES string of the molecule is COc1ccc(CCNC2=NCCCN2)cc1. The number of nitrogens with zero attached hydrogens (tertiary/aromatic N) is 1. The molecule has 4 nitrogen and oxygen atoms in total. The van der Waals surface area contributed by atoms with Gasteiger partial charge in [0.1, 0.15) is 5.75 Å². The van der Waals surface area contributed by atoms with Gasteiger partial charge in [0.05, 0.1) is 7.11 Å². The van der Waals surface area contributed by atoms with Crippen LogP contribution in [0.3, 0.4) is 0 Å². The third-order valence-electron chi connectivity index (χ3n) is 2.76. The molecule has 17 heavy (non-hydrogen) atoms. The van der Waals surface area contributed by atoms with Gasteiger partial charge in [-0.3, -0.25) is 4.99 Å². The van der Waals surface area contributed by atoms with Gasteiger partial charge in [-0.25, -0.2) is 0 Å². The normalized spacial score (nSPS) is 14.8. The first kappa shape index (κ1) is 11.8. The van der Waals surface area contributed by atoms with Gasteiger partial charge in [-0.05, 0) is 30.5 Å². The van der Waals surface area contributed by atoms with Gasteiger partial charge < -0.3 is 15.4 Å². The van der Waals surface area contributed by atoms with E-state index in [4.69, 9.17) is 4.74 Å².